The minimum atomic E-state index is -1.35. The summed E-state index contributed by atoms with van der Waals surface area (Å²) in [4.78, 5) is 11.5. The van der Waals surface area contributed by atoms with Crippen molar-refractivity contribution in [3.05, 3.63) is 18.2 Å². The molecule has 0 atom stereocenters. The molecule has 5 heteroatoms. The van der Waals surface area contributed by atoms with E-state index in [-0.39, 0.29) is 23.7 Å². The van der Waals surface area contributed by atoms with Crippen molar-refractivity contribution in [2.45, 2.75) is 6.92 Å². The Balaban J connectivity index is 3.06. The van der Waals surface area contributed by atoms with E-state index in [1.54, 1.807) is 6.92 Å². The highest BCUT2D eigenvalue weighted by molar-refractivity contribution is 5.86. The molecule has 1 rings (SSSR count). The zero-order chi connectivity index (χ0) is 10.7. The minimum absolute atomic E-state index is 0.215. The summed E-state index contributed by atoms with van der Waals surface area (Å²) in [5, 5.41) is 28.7. The van der Waals surface area contributed by atoms with Crippen molar-refractivity contribution in [2.24, 2.45) is 0 Å². The van der Waals surface area contributed by atoms with Gasteiger partial charge in [-0.25, -0.2) is 9.90 Å². The Morgan fingerprint density at radius 1 is 1.36 bits per heavy atom. The topological polar surface area (TPSA) is 80.7 Å². The van der Waals surface area contributed by atoms with Gasteiger partial charge < -0.3 is 10.2 Å². The number of hydrogen-bond donors (Lipinski definition) is 2. The van der Waals surface area contributed by atoms with E-state index in [4.69, 9.17) is 10.2 Å². The molecular formula is C9H10NO4. The van der Waals surface area contributed by atoms with Gasteiger partial charge in [-0.15, -0.1) is 0 Å². The van der Waals surface area contributed by atoms with Gasteiger partial charge in [-0.3, -0.25) is 4.90 Å². The van der Waals surface area contributed by atoms with Crippen LogP contribution in [0.2, 0.25) is 0 Å². The largest absolute Gasteiger partial charge is 0.504 e. The summed E-state index contributed by atoms with van der Waals surface area (Å²) in [6.07, 6.45) is -1.35. The number of aromatic hydroxyl groups is 2. The summed E-state index contributed by atoms with van der Waals surface area (Å²) in [5.74, 6) is -0.648. The number of carbonyl (C=O) groups excluding carboxylic acids is 1. The van der Waals surface area contributed by atoms with Crippen LogP contribution in [0.5, 0.6) is 11.5 Å². The molecule has 0 saturated carbocycles. The number of nitrogens with zero attached hydrogens (tertiary/aromatic N) is 1. The van der Waals surface area contributed by atoms with Gasteiger partial charge in [0.1, 0.15) is 0 Å². The molecule has 0 aromatic heterocycles. The first-order chi connectivity index (χ1) is 6.56. The second-order valence-electron chi connectivity index (χ2n) is 2.68. The molecule has 14 heavy (non-hydrogen) atoms. The molecule has 0 aliphatic heterocycles. The molecule has 1 amide bonds. The molecule has 1 aromatic rings. The lowest BCUT2D eigenvalue weighted by molar-refractivity contribution is 0.177. The van der Waals surface area contributed by atoms with Crippen LogP contribution in [-0.4, -0.2) is 22.9 Å². The number of phenolic OH excluding ortho intramolecular Hbond substituents is 2. The number of amides is 1. The van der Waals surface area contributed by atoms with Gasteiger partial charge in [0.15, 0.2) is 11.5 Å². The number of benzene rings is 1. The molecular weight excluding hydrogens is 186 g/mol. The van der Waals surface area contributed by atoms with E-state index in [2.05, 4.69) is 0 Å². The average molecular weight is 196 g/mol. The highest BCUT2D eigenvalue weighted by atomic mass is 16.4. The first-order valence-electron chi connectivity index (χ1n) is 4.06. The molecule has 0 aliphatic rings. The van der Waals surface area contributed by atoms with Crippen LogP contribution in [0.15, 0.2) is 18.2 Å². The molecule has 0 saturated heterocycles. The summed E-state index contributed by atoms with van der Waals surface area (Å²) in [6, 6.07) is 3.76. The van der Waals surface area contributed by atoms with Crippen molar-refractivity contribution in [1.82, 2.24) is 0 Å². The third-order valence-electron chi connectivity index (χ3n) is 1.81. The van der Waals surface area contributed by atoms with Gasteiger partial charge in [0, 0.05) is 12.6 Å². The molecule has 5 nitrogen and oxygen atoms in total. The number of rotatable bonds is 2. The van der Waals surface area contributed by atoms with Crippen molar-refractivity contribution in [1.29, 1.82) is 0 Å². The van der Waals surface area contributed by atoms with Crippen LogP contribution >= 0.6 is 0 Å². The van der Waals surface area contributed by atoms with E-state index in [1.807, 2.05) is 0 Å². The molecule has 0 bridgehead atoms. The van der Waals surface area contributed by atoms with Crippen LogP contribution in [0.1, 0.15) is 6.92 Å². The lowest BCUT2D eigenvalue weighted by atomic mass is 10.2. The maximum Gasteiger partial charge on any atom is 0.457 e. The highest BCUT2D eigenvalue weighted by Crippen LogP contribution is 2.29. The van der Waals surface area contributed by atoms with Crippen LogP contribution in [-0.2, 0) is 5.11 Å². The van der Waals surface area contributed by atoms with Crippen molar-refractivity contribution in [3.63, 3.8) is 0 Å². The summed E-state index contributed by atoms with van der Waals surface area (Å²) in [5.41, 5.74) is 0.266. The predicted octanol–water partition coefficient (Wildman–Crippen LogP) is 1.47. The molecule has 2 N–H and O–H groups in total. The van der Waals surface area contributed by atoms with E-state index in [0.717, 1.165) is 11.0 Å². The van der Waals surface area contributed by atoms with Crippen LogP contribution < -0.4 is 4.90 Å². The Hall–Kier alpha value is -1.91. The van der Waals surface area contributed by atoms with Gasteiger partial charge in [0.25, 0.3) is 0 Å². The number of phenols is 2. The van der Waals surface area contributed by atoms with Gasteiger partial charge in [-0.05, 0) is 19.1 Å². The number of anilines is 1. The maximum absolute atomic E-state index is 10.6. The van der Waals surface area contributed by atoms with Crippen LogP contribution in [0.25, 0.3) is 0 Å². The fraction of sp³-hybridized carbons (Fsp3) is 0.222. The molecule has 0 fully saturated rings. The Morgan fingerprint density at radius 2 is 2.00 bits per heavy atom. The highest BCUT2D eigenvalue weighted by Gasteiger charge is 2.14. The normalized spacial score (nSPS) is 9.79. The Bertz CT molecular complexity index is 351. The second kappa shape index (κ2) is 3.87. The third-order valence-corrected chi connectivity index (χ3v) is 1.81. The molecule has 1 aromatic carbocycles. The maximum atomic E-state index is 10.6. The Morgan fingerprint density at radius 3 is 2.43 bits per heavy atom. The standard InChI is InChI=1S/C9H10NO4/c1-2-10(9(13)14)6-3-4-7(11)8(12)5-6/h3-5,11-12H,2H2,1H3. The van der Waals surface area contributed by atoms with Crippen LogP contribution in [0.3, 0.4) is 0 Å². The van der Waals surface area contributed by atoms with Crippen LogP contribution in [0.4, 0.5) is 10.5 Å². The van der Waals surface area contributed by atoms with E-state index in [9.17, 15) is 9.90 Å². The van der Waals surface area contributed by atoms with Gasteiger partial charge >= 0.3 is 6.09 Å². The number of carbonyl (C=O) groups is 1. The first-order valence-corrected chi connectivity index (χ1v) is 4.06. The summed E-state index contributed by atoms with van der Waals surface area (Å²) >= 11 is 0. The first kappa shape index (κ1) is 10.2. The lowest BCUT2D eigenvalue weighted by Gasteiger charge is -2.15. The minimum Gasteiger partial charge on any atom is -0.504 e. The van der Waals surface area contributed by atoms with Crippen molar-refractivity contribution < 1.29 is 20.1 Å². The molecule has 1 radical (unpaired) electrons. The van der Waals surface area contributed by atoms with E-state index >= 15 is 0 Å². The van der Waals surface area contributed by atoms with Gasteiger partial charge in [-0.2, -0.15) is 0 Å². The number of hydrogen-bond acceptors (Lipinski definition) is 3. The fourth-order valence-corrected chi connectivity index (χ4v) is 1.10. The quantitative estimate of drug-likeness (QED) is 0.703. The van der Waals surface area contributed by atoms with Gasteiger partial charge in [-0.1, -0.05) is 0 Å². The van der Waals surface area contributed by atoms with E-state index < -0.39 is 6.09 Å². The summed E-state index contributed by atoms with van der Waals surface area (Å²) in [7, 11) is 0. The molecule has 0 spiro atoms. The third kappa shape index (κ3) is 1.87. The molecule has 0 unspecified atom stereocenters. The smallest absolute Gasteiger partial charge is 0.457 e. The van der Waals surface area contributed by atoms with E-state index in [1.165, 1.54) is 12.1 Å². The average Bonchev–Trinajstić information content (AvgIpc) is 2.11. The van der Waals surface area contributed by atoms with Gasteiger partial charge in [0.2, 0.25) is 0 Å². The van der Waals surface area contributed by atoms with Crippen LogP contribution in [0, 0.1) is 0 Å². The van der Waals surface area contributed by atoms with Crippen molar-refractivity contribution in [2.75, 3.05) is 11.4 Å². The predicted molar refractivity (Wildman–Crippen MR) is 48.9 cm³/mol. The summed E-state index contributed by atoms with van der Waals surface area (Å²) < 4.78 is 0. The lowest BCUT2D eigenvalue weighted by Crippen LogP contribution is -2.27. The summed E-state index contributed by atoms with van der Waals surface area (Å²) in [6.45, 7) is 1.85. The Kier molecular flexibility index (Phi) is 2.81. The monoisotopic (exact) mass is 196 g/mol. The van der Waals surface area contributed by atoms with E-state index in [0.29, 0.717) is 0 Å². The molecule has 75 valence electrons. The molecule has 0 heterocycles. The Labute approximate surface area is 80.8 Å². The van der Waals surface area contributed by atoms with Gasteiger partial charge in [0.05, 0.1) is 5.69 Å². The van der Waals surface area contributed by atoms with Crippen molar-refractivity contribution >= 4 is 11.8 Å². The van der Waals surface area contributed by atoms with Crippen molar-refractivity contribution in [3.8, 4) is 11.5 Å². The zero-order valence-corrected chi connectivity index (χ0v) is 7.60. The fourth-order valence-electron chi connectivity index (χ4n) is 1.10. The second-order valence-corrected chi connectivity index (χ2v) is 2.68. The molecule has 0 aliphatic carbocycles. The SMILES string of the molecule is CCN(C([O])=O)c1ccc(O)c(O)c1. The zero-order valence-electron chi connectivity index (χ0n) is 7.60.